The number of nitrogens with zero attached hydrogens (tertiary/aromatic N) is 2. The smallest absolute Gasteiger partial charge is 0.141 e. The Morgan fingerprint density at radius 2 is 1.82 bits per heavy atom. The van der Waals surface area contributed by atoms with E-state index < -0.39 is 0 Å². The van der Waals surface area contributed by atoms with Gasteiger partial charge in [0.2, 0.25) is 0 Å². The summed E-state index contributed by atoms with van der Waals surface area (Å²) in [4.78, 5) is 8.95. The molecule has 0 spiro atoms. The summed E-state index contributed by atoms with van der Waals surface area (Å²) in [6.07, 6.45) is 1.92. The molecule has 0 atom stereocenters. The van der Waals surface area contributed by atoms with Crippen molar-refractivity contribution in [3.8, 4) is 27.7 Å². The maximum absolute atomic E-state index is 6.23. The molecule has 112 valence electrons. The highest BCUT2D eigenvalue weighted by Crippen LogP contribution is 2.29. The molecule has 0 radical (unpaired) electrons. The van der Waals surface area contributed by atoms with Crippen LogP contribution in [-0.4, -0.2) is 16.1 Å². The third-order valence-corrected chi connectivity index (χ3v) is 3.98. The Labute approximate surface area is 138 Å². The molecule has 0 saturated heterocycles. The molecule has 22 heavy (non-hydrogen) atoms. The number of pyridine rings is 1. The van der Waals surface area contributed by atoms with E-state index in [0.29, 0.717) is 5.02 Å². The normalized spacial score (nSPS) is 10.9. The Bertz CT molecular complexity index is 755. The molecule has 0 aliphatic rings. The molecule has 3 nitrogen and oxygen atoms in total. The lowest BCUT2D eigenvalue weighted by Gasteiger charge is -2.10. The number of hydrogen-bond acceptors (Lipinski definition) is 4. The van der Waals surface area contributed by atoms with E-state index in [9.17, 15) is 0 Å². The molecular weight excluding hydrogens is 316 g/mol. The van der Waals surface area contributed by atoms with Gasteiger partial charge in [-0.1, -0.05) is 11.6 Å². The van der Waals surface area contributed by atoms with E-state index in [1.54, 1.807) is 17.5 Å². The lowest BCUT2D eigenvalue weighted by Crippen LogP contribution is -2.05. The second-order valence-electron chi connectivity index (χ2n) is 5.08. The average Bonchev–Trinajstić information content (AvgIpc) is 3.01. The van der Waals surface area contributed by atoms with Gasteiger partial charge in [0.1, 0.15) is 16.5 Å². The van der Waals surface area contributed by atoms with Crippen molar-refractivity contribution >= 4 is 22.9 Å². The third kappa shape index (κ3) is 3.46. The second-order valence-corrected chi connectivity index (χ2v) is 6.42. The first-order valence-corrected chi connectivity index (χ1v) is 8.22. The summed E-state index contributed by atoms with van der Waals surface area (Å²) in [6.45, 7) is 4.01. The van der Waals surface area contributed by atoms with Crippen molar-refractivity contribution in [3.63, 3.8) is 0 Å². The van der Waals surface area contributed by atoms with Crippen LogP contribution in [-0.2, 0) is 0 Å². The molecule has 3 rings (SSSR count). The summed E-state index contributed by atoms with van der Waals surface area (Å²) >= 11 is 7.77. The summed E-state index contributed by atoms with van der Waals surface area (Å²) < 4.78 is 5.66. The predicted octanol–water partition coefficient (Wildman–Crippen LogP) is 5.31. The van der Waals surface area contributed by atoms with Crippen LogP contribution in [0.1, 0.15) is 13.8 Å². The number of halogens is 1. The van der Waals surface area contributed by atoms with Gasteiger partial charge >= 0.3 is 0 Å². The fourth-order valence-corrected chi connectivity index (χ4v) is 2.89. The minimum absolute atomic E-state index is 0.159. The Balaban J connectivity index is 1.94. The van der Waals surface area contributed by atoms with E-state index in [1.165, 1.54) is 0 Å². The fourth-order valence-electron chi connectivity index (χ4n) is 2.08. The molecule has 2 heterocycles. The van der Waals surface area contributed by atoms with Crippen molar-refractivity contribution in [2.24, 2.45) is 0 Å². The molecule has 0 bridgehead atoms. The molecule has 0 unspecified atom stereocenters. The van der Waals surface area contributed by atoms with E-state index in [-0.39, 0.29) is 6.10 Å². The lowest BCUT2D eigenvalue weighted by atomic mass is 10.1. The van der Waals surface area contributed by atoms with E-state index in [1.807, 2.05) is 55.6 Å². The van der Waals surface area contributed by atoms with Gasteiger partial charge in [0.05, 0.1) is 11.8 Å². The Kier molecular flexibility index (Phi) is 4.41. The Hall–Kier alpha value is -1.91. The summed E-state index contributed by atoms with van der Waals surface area (Å²) in [5, 5.41) is 3.44. The zero-order valence-electron chi connectivity index (χ0n) is 12.3. The molecule has 3 aromatic rings. The van der Waals surface area contributed by atoms with Gasteiger partial charge in [0.15, 0.2) is 0 Å². The van der Waals surface area contributed by atoms with Crippen LogP contribution in [0.4, 0.5) is 0 Å². The number of benzene rings is 1. The molecule has 1 aromatic carbocycles. The van der Waals surface area contributed by atoms with Crippen LogP contribution < -0.4 is 4.74 Å². The van der Waals surface area contributed by atoms with Crippen LogP contribution in [0.5, 0.6) is 5.75 Å². The molecule has 0 N–H and O–H groups in total. The summed E-state index contributed by atoms with van der Waals surface area (Å²) in [5.74, 6) is 0.848. The van der Waals surface area contributed by atoms with Gasteiger partial charge in [0.25, 0.3) is 0 Å². The van der Waals surface area contributed by atoms with E-state index in [4.69, 9.17) is 16.3 Å². The molecule has 2 aromatic heterocycles. The number of ether oxygens (including phenoxy) is 1. The largest absolute Gasteiger partial charge is 0.491 e. The molecule has 0 saturated carbocycles. The van der Waals surface area contributed by atoms with Crippen molar-refractivity contribution in [2.75, 3.05) is 0 Å². The quantitative estimate of drug-likeness (QED) is 0.650. The summed E-state index contributed by atoms with van der Waals surface area (Å²) in [7, 11) is 0. The maximum atomic E-state index is 6.23. The van der Waals surface area contributed by atoms with Crippen molar-refractivity contribution in [2.45, 2.75) is 20.0 Å². The predicted molar refractivity (Wildman–Crippen MR) is 91.6 cm³/mol. The fraction of sp³-hybridized carbons (Fsp3) is 0.176. The van der Waals surface area contributed by atoms with Crippen molar-refractivity contribution in [1.29, 1.82) is 0 Å². The minimum Gasteiger partial charge on any atom is -0.491 e. The van der Waals surface area contributed by atoms with Gasteiger partial charge in [0, 0.05) is 22.2 Å². The standard InChI is InChI=1S/C17H15ClN2OS/c1-11(2)21-14-5-3-12(4-6-14)15-9-13(18)10-16(20-15)17-19-7-8-22-17/h3-11H,1-2H3. The summed E-state index contributed by atoms with van der Waals surface area (Å²) in [6, 6.07) is 11.6. The monoisotopic (exact) mass is 330 g/mol. The van der Waals surface area contributed by atoms with Gasteiger partial charge in [-0.2, -0.15) is 0 Å². The van der Waals surface area contributed by atoms with Crippen LogP contribution >= 0.6 is 22.9 Å². The average molecular weight is 331 g/mol. The SMILES string of the molecule is CC(C)Oc1ccc(-c2cc(Cl)cc(-c3nccs3)n2)cc1. The van der Waals surface area contributed by atoms with Gasteiger partial charge in [-0.05, 0) is 50.2 Å². The zero-order valence-corrected chi connectivity index (χ0v) is 13.9. The number of hydrogen-bond donors (Lipinski definition) is 0. The molecule has 0 fully saturated rings. The van der Waals surface area contributed by atoms with Crippen molar-refractivity contribution < 1.29 is 4.74 Å². The van der Waals surface area contributed by atoms with E-state index in [2.05, 4.69) is 9.97 Å². The molecule has 0 aliphatic heterocycles. The molecule has 5 heteroatoms. The number of rotatable bonds is 4. The number of thiazole rings is 1. The lowest BCUT2D eigenvalue weighted by molar-refractivity contribution is 0.242. The topological polar surface area (TPSA) is 35.0 Å². The first kappa shape index (κ1) is 15.0. The van der Waals surface area contributed by atoms with Crippen molar-refractivity contribution in [1.82, 2.24) is 9.97 Å². The summed E-state index contributed by atoms with van der Waals surface area (Å²) in [5.41, 5.74) is 2.62. The van der Waals surface area contributed by atoms with Crippen LogP contribution in [0, 0.1) is 0 Å². The first-order valence-electron chi connectivity index (χ1n) is 6.96. The van der Waals surface area contributed by atoms with Gasteiger partial charge in [-0.15, -0.1) is 11.3 Å². The third-order valence-electron chi connectivity index (χ3n) is 2.96. The highest BCUT2D eigenvalue weighted by Gasteiger charge is 2.08. The van der Waals surface area contributed by atoms with Gasteiger partial charge in [-0.25, -0.2) is 9.97 Å². The first-order chi connectivity index (χ1) is 10.6. The minimum atomic E-state index is 0.159. The van der Waals surface area contributed by atoms with E-state index >= 15 is 0 Å². The molecule has 0 amide bonds. The molecule has 0 aliphatic carbocycles. The van der Waals surface area contributed by atoms with Crippen molar-refractivity contribution in [3.05, 3.63) is 53.0 Å². The Morgan fingerprint density at radius 1 is 1.09 bits per heavy atom. The Morgan fingerprint density at radius 3 is 2.45 bits per heavy atom. The van der Waals surface area contributed by atoms with Crippen LogP contribution in [0.25, 0.3) is 22.0 Å². The highest BCUT2D eigenvalue weighted by atomic mass is 35.5. The van der Waals surface area contributed by atoms with Crippen LogP contribution in [0.3, 0.4) is 0 Å². The van der Waals surface area contributed by atoms with Crippen LogP contribution in [0.2, 0.25) is 5.02 Å². The van der Waals surface area contributed by atoms with Gasteiger partial charge < -0.3 is 4.74 Å². The maximum Gasteiger partial charge on any atom is 0.141 e. The zero-order chi connectivity index (χ0) is 15.5. The number of aromatic nitrogens is 2. The van der Waals surface area contributed by atoms with E-state index in [0.717, 1.165) is 27.7 Å². The highest BCUT2D eigenvalue weighted by molar-refractivity contribution is 7.13. The second kappa shape index (κ2) is 6.46. The molecular formula is C17H15ClN2OS. The van der Waals surface area contributed by atoms with Gasteiger partial charge in [-0.3, -0.25) is 0 Å². The van der Waals surface area contributed by atoms with Crippen LogP contribution in [0.15, 0.2) is 48.0 Å².